The molecule has 0 unspecified atom stereocenters. The molecule has 1 amide bonds. The number of nitrogens with one attached hydrogen (secondary N) is 3. The number of aromatic amines is 2. The van der Waals surface area contributed by atoms with E-state index in [0.717, 1.165) is 27.9 Å². The average Bonchev–Trinajstić information content (AvgIpc) is 3.13. The van der Waals surface area contributed by atoms with Gasteiger partial charge in [-0.25, -0.2) is 9.78 Å². The Morgan fingerprint density at radius 3 is 2.92 bits per heavy atom. The zero-order valence-corrected chi connectivity index (χ0v) is 14.0. The highest BCUT2D eigenvalue weighted by atomic mass is 16.6. The molecule has 0 spiro atoms. The standard InChI is InChI=1S/C17H21N5O2/c1-17(2,3)24-16(23)19-6-4-12-8-14-13(11-9-20-21-10-11)5-7-18-15(14)22-12/h5,7-10H,4,6H2,1-3H3,(H,18,22)(H,19,23)(H,20,21). The second-order valence-corrected chi connectivity index (χ2v) is 6.58. The van der Waals surface area contributed by atoms with E-state index in [-0.39, 0.29) is 0 Å². The molecule has 7 heteroatoms. The molecule has 0 atom stereocenters. The topological polar surface area (TPSA) is 95.7 Å². The number of H-pyrrole nitrogens is 2. The predicted octanol–water partition coefficient (Wildman–Crippen LogP) is 3.02. The van der Waals surface area contributed by atoms with E-state index >= 15 is 0 Å². The fraction of sp³-hybridized carbons (Fsp3) is 0.353. The Hall–Kier alpha value is -2.83. The predicted molar refractivity (Wildman–Crippen MR) is 91.6 cm³/mol. The first-order valence-electron chi connectivity index (χ1n) is 7.85. The minimum absolute atomic E-state index is 0.407. The summed E-state index contributed by atoms with van der Waals surface area (Å²) in [5, 5.41) is 10.6. The lowest BCUT2D eigenvalue weighted by atomic mass is 10.1. The molecule has 126 valence electrons. The lowest BCUT2D eigenvalue weighted by Crippen LogP contribution is -2.33. The summed E-state index contributed by atoms with van der Waals surface area (Å²) in [5.41, 5.74) is 3.41. The van der Waals surface area contributed by atoms with Gasteiger partial charge in [-0.2, -0.15) is 5.10 Å². The molecule has 0 aliphatic heterocycles. The van der Waals surface area contributed by atoms with Crippen LogP contribution in [0.25, 0.3) is 22.2 Å². The highest BCUT2D eigenvalue weighted by molar-refractivity contribution is 5.93. The van der Waals surface area contributed by atoms with Gasteiger partial charge >= 0.3 is 6.09 Å². The minimum atomic E-state index is -0.491. The van der Waals surface area contributed by atoms with Crippen molar-refractivity contribution in [3.05, 3.63) is 36.4 Å². The third-order valence-electron chi connectivity index (χ3n) is 3.46. The number of carbonyl (C=O) groups is 1. The lowest BCUT2D eigenvalue weighted by molar-refractivity contribution is 0.0528. The van der Waals surface area contributed by atoms with Crippen molar-refractivity contribution in [3.63, 3.8) is 0 Å². The van der Waals surface area contributed by atoms with E-state index in [1.165, 1.54) is 0 Å². The largest absolute Gasteiger partial charge is 0.444 e. The van der Waals surface area contributed by atoms with E-state index in [0.29, 0.717) is 13.0 Å². The van der Waals surface area contributed by atoms with Crippen molar-refractivity contribution in [2.45, 2.75) is 32.8 Å². The number of nitrogens with zero attached hydrogens (tertiary/aromatic N) is 2. The summed E-state index contributed by atoms with van der Waals surface area (Å²) in [7, 11) is 0. The van der Waals surface area contributed by atoms with Crippen molar-refractivity contribution in [3.8, 4) is 11.1 Å². The van der Waals surface area contributed by atoms with Crippen LogP contribution in [0.5, 0.6) is 0 Å². The first-order chi connectivity index (χ1) is 11.4. The lowest BCUT2D eigenvalue weighted by Gasteiger charge is -2.19. The van der Waals surface area contributed by atoms with Crippen molar-refractivity contribution in [1.82, 2.24) is 25.5 Å². The van der Waals surface area contributed by atoms with Crippen LogP contribution in [0.1, 0.15) is 26.5 Å². The first kappa shape index (κ1) is 16.0. The number of fused-ring (bicyclic) bond motifs is 1. The van der Waals surface area contributed by atoms with Gasteiger partial charge in [0, 0.05) is 42.0 Å². The van der Waals surface area contributed by atoms with Crippen molar-refractivity contribution >= 4 is 17.1 Å². The molecule has 0 fully saturated rings. The molecule has 3 aromatic heterocycles. The molecule has 24 heavy (non-hydrogen) atoms. The van der Waals surface area contributed by atoms with Gasteiger partial charge in [0.25, 0.3) is 0 Å². The van der Waals surface area contributed by atoms with Gasteiger partial charge in [0.1, 0.15) is 11.2 Å². The third-order valence-corrected chi connectivity index (χ3v) is 3.46. The van der Waals surface area contributed by atoms with Gasteiger partial charge in [-0.3, -0.25) is 5.10 Å². The molecule has 0 aliphatic carbocycles. The minimum Gasteiger partial charge on any atom is -0.444 e. The van der Waals surface area contributed by atoms with Crippen LogP contribution in [0.15, 0.2) is 30.7 Å². The SMILES string of the molecule is CC(C)(C)OC(=O)NCCc1cc2c(-c3cn[nH]c3)ccnc2[nH]1. The Kier molecular flexibility index (Phi) is 4.24. The van der Waals surface area contributed by atoms with Crippen molar-refractivity contribution < 1.29 is 9.53 Å². The van der Waals surface area contributed by atoms with E-state index in [2.05, 4.69) is 31.5 Å². The number of hydrogen-bond donors (Lipinski definition) is 3. The molecule has 0 saturated carbocycles. The maximum absolute atomic E-state index is 11.7. The number of pyridine rings is 1. The van der Waals surface area contributed by atoms with Gasteiger partial charge < -0.3 is 15.0 Å². The van der Waals surface area contributed by atoms with E-state index in [1.54, 1.807) is 12.4 Å². The zero-order chi connectivity index (χ0) is 17.2. The van der Waals surface area contributed by atoms with Gasteiger partial charge in [0.05, 0.1) is 6.20 Å². The van der Waals surface area contributed by atoms with Crippen LogP contribution in [0.3, 0.4) is 0 Å². The molecule has 3 rings (SSSR count). The van der Waals surface area contributed by atoms with Crippen LogP contribution in [0, 0.1) is 0 Å². The molecule has 0 saturated heterocycles. The van der Waals surface area contributed by atoms with Crippen LogP contribution >= 0.6 is 0 Å². The Morgan fingerprint density at radius 1 is 1.38 bits per heavy atom. The molecule has 0 bridgehead atoms. The third kappa shape index (κ3) is 3.73. The van der Waals surface area contributed by atoms with Crippen LogP contribution < -0.4 is 5.32 Å². The van der Waals surface area contributed by atoms with Crippen molar-refractivity contribution in [2.24, 2.45) is 0 Å². The van der Waals surface area contributed by atoms with Gasteiger partial charge in [0.15, 0.2) is 0 Å². The summed E-state index contributed by atoms with van der Waals surface area (Å²) in [4.78, 5) is 19.3. The second kappa shape index (κ2) is 6.35. The van der Waals surface area contributed by atoms with Crippen LogP contribution in [-0.4, -0.2) is 38.4 Å². The number of amides is 1. The maximum atomic E-state index is 11.7. The smallest absolute Gasteiger partial charge is 0.407 e. The molecule has 3 N–H and O–H groups in total. The van der Waals surface area contributed by atoms with Crippen molar-refractivity contribution in [2.75, 3.05) is 6.54 Å². The maximum Gasteiger partial charge on any atom is 0.407 e. The van der Waals surface area contributed by atoms with E-state index < -0.39 is 11.7 Å². The molecule has 0 aliphatic rings. The highest BCUT2D eigenvalue weighted by Gasteiger charge is 2.15. The first-order valence-corrected chi connectivity index (χ1v) is 7.85. The fourth-order valence-electron chi connectivity index (χ4n) is 2.48. The average molecular weight is 327 g/mol. The molecule has 7 nitrogen and oxygen atoms in total. The summed E-state index contributed by atoms with van der Waals surface area (Å²) < 4.78 is 5.22. The molecular weight excluding hydrogens is 306 g/mol. The molecule has 0 aromatic carbocycles. The summed E-state index contributed by atoms with van der Waals surface area (Å²) in [6.45, 7) is 6.01. The van der Waals surface area contributed by atoms with Gasteiger partial charge in [-0.15, -0.1) is 0 Å². The van der Waals surface area contributed by atoms with Crippen LogP contribution in [0.2, 0.25) is 0 Å². The Morgan fingerprint density at radius 2 is 2.21 bits per heavy atom. The fourth-order valence-corrected chi connectivity index (χ4v) is 2.48. The Bertz CT molecular complexity index is 830. The normalized spacial score (nSPS) is 11.6. The Balaban J connectivity index is 1.68. The number of aromatic nitrogens is 4. The summed E-state index contributed by atoms with van der Waals surface area (Å²) in [5.74, 6) is 0. The molecule has 3 aromatic rings. The molecular formula is C17H21N5O2. The highest BCUT2D eigenvalue weighted by Crippen LogP contribution is 2.27. The van der Waals surface area contributed by atoms with Crippen LogP contribution in [-0.2, 0) is 11.2 Å². The zero-order valence-electron chi connectivity index (χ0n) is 14.0. The van der Waals surface area contributed by atoms with Gasteiger partial charge in [-0.05, 0) is 38.5 Å². The van der Waals surface area contributed by atoms with Crippen LogP contribution in [0.4, 0.5) is 4.79 Å². The van der Waals surface area contributed by atoms with Gasteiger partial charge in [-0.1, -0.05) is 0 Å². The monoisotopic (exact) mass is 327 g/mol. The number of ether oxygens (including phenoxy) is 1. The number of rotatable bonds is 4. The van der Waals surface area contributed by atoms with E-state index in [4.69, 9.17) is 4.74 Å². The van der Waals surface area contributed by atoms with Gasteiger partial charge in [0.2, 0.25) is 0 Å². The summed E-state index contributed by atoms with van der Waals surface area (Å²) in [6, 6.07) is 4.02. The summed E-state index contributed by atoms with van der Waals surface area (Å²) >= 11 is 0. The van der Waals surface area contributed by atoms with E-state index in [9.17, 15) is 4.79 Å². The summed E-state index contributed by atoms with van der Waals surface area (Å²) in [6.07, 6.45) is 5.66. The number of alkyl carbamates (subject to hydrolysis) is 1. The second-order valence-electron chi connectivity index (χ2n) is 6.58. The molecule has 3 heterocycles. The number of carbonyl (C=O) groups excluding carboxylic acids is 1. The van der Waals surface area contributed by atoms with E-state index in [1.807, 2.05) is 33.0 Å². The van der Waals surface area contributed by atoms with Crippen molar-refractivity contribution in [1.29, 1.82) is 0 Å². The quantitative estimate of drug-likeness (QED) is 0.686. The molecule has 0 radical (unpaired) electrons. The Labute approximate surface area is 139 Å². The number of hydrogen-bond acceptors (Lipinski definition) is 4.